The summed E-state index contributed by atoms with van der Waals surface area (Å²) >= 11 is 0. The van der Waals surface area contributed by atoms with Crippen LogP contribution in [0.1, 0.15) is 11.1 Å². The van der Waals surface area contributed by atoms with Gasteiger partial charge in [0.05, 0.1) is 6.54 Å². The first-order chi connectivity index (χ1) is 6.68. The molecule has 1 unspecified atom stereocenters. The maximum Gasteiger partial charge on any atom is 0.409 e. The Hall–Kier alpha value is -1.58. The van der Waals surface area contributed by atoms with Crippen molar-refractivity contribution in [2.45, 2.75) is 19.3 Å². The first-order valence-electron chi connectivity index (χ1n) is 4.39. The third kappa shape index (κ3) is 1.43. The molecule has 0 spiro atoms. The van der Waals surface area contributed by atoms with Crippen molar-refractivity contribution in [3.8, 4) is 0 Å². The number of hydrogen-bond donors (Lipinski definition) is 1. The summed E-state index contributed by atoms with van der Waals surface area (Å²) in [7, 11) is 0. The van der Waals surface area contributed by atoms with Gasteiger partial charge in [-0.3, -0.25) is 4.90 Å². The number of fused-ring (bicyclic) bond motifs is 1. The zero-order chi connectivity index (χ0) is 10.1. The van der Waals surface area contributed by atoms with Crippen molar-refractivity contribution in [1.82, 2.24) is 4.90 Å². The summed E-state index contributed by atoms with van der Waals surface area (Å²) < 4.78 is 13.3. The Labute approximate surface area is 80.8 Å². The lowest BCUT2D eigenvalue weighted by molar-refractivity contribution is 0.0597. The summed E-state index contributed by atoms with van der Waals surface area (Å²) in [6.07, 6.45) is -2.46. The highest BCUT2D eigenvalue weighted by molar-refractivity contribution is 5.66. The Kier molecular flexibility index (Phi) is 2.11. The average molecular weight is 195 g/mol. The highest BCUT2D eigenvalue weighted by Gasteiger charge is 2.28. The van der Waals surface area contributed by atoms with E-state index in [0.29, 0.717) is 0 Å². The van der Waals surface area contributed by atoms with Crippen LogP contribution in [-0.4, -0.2) is 22.4 Å². The molecule has 4 heteroatoms. The van der Waals surface area contributed by atoms with Gasteiger partial charge in [0.1, 0.15) is 0 Å². The molecule has 0 fully saturated rings. The predicted molar refractivity (Wildman–Crippen MR) is 48.6 cm³/mol. The molecule has 0 aromatic heterocycles. The van der Waals surface area contributed by atoms with Gasteiger partial charge >= 0.3 is 6.09 Å². The Balaban J connectivity index is 2.31. The quantitative estimate of drug-likeness (QED) is 0.643. The minimum atomic E-state index is -1.41. The van der Waals surface area contributed by atoms with E-state index in [4.69, 9.17) is 5.11 Å². The lowest BCUT2D eigenvalue weighted by Crippen LogP contribution is -2.40. The molecule has 0 saturated heterocycles. The highest BCUT2D eigenvalue weighted by Crippen LogP contribution is 2.23. The molecule has 2 rings (SSSR count). The minimum Gasteiger partial charge on any atom is -0.465 e. The summed E-state index contributed by atoms with van der Waals surface area (Å²) in [5, 5.41) is 8.72. The van der Waals surface area contributed by atoms with Crippen LogP contribution in [0.15, 0.2) is 24.3 Å². The van der Waals surface area contributed by atoms with E-state index in [-0.39, 0.29) is 13.0 Å². The lowest BCUT2D eigenvalue weighted by atomic mass is 10.00. The van der Waals surface area contributed by atoms with E-state index in [1.807, 2.05) is 24.3 Å². The van der Waals surface area contributed by atoms with Gasteiger partial charge in [0.2, 0.25) is 0 Å². The summed E-state index contributed by atoms with van der Waals surface area (Å²) in [4.78, 5) is 11.5. The Morgan fingerprint density at radius 1 is 1.43 bits per heavy atom. The first kappa shape index (κ1) is 8.99. The fourth-order valence-electron chi connectivity index (χ4n) is 1.67. The molecule has 1 N–H and O–H groups in total. The molecule has 1 heterocycles. The van der Waals surface area contributed by atoms with Crippen molar-refractivity contribution in [2.75, 3.05) is 0 Å². The van der Waals surface area contributed by atoms with Crippen LogP contribution in [-0.2, 0) is 13.0 Å². The van der Waals surface area contributed by atoms with Crippen LogP contribution in [0, 0.1) is 0 Å². The lowest BCUT2D eigenvalue weighted by Gasteiger charge is -2.29. The van der Waals surface area contributed by atoms with Crippen LogP contribution < -0.4 is 0 Å². The van der Waals surface area contributed by atoms with E-state index in [2.05, 4.69) is 0 Å². The van der Waals surface area contributed by atoms with Crippen molar-refractivity contribution in [2.24, 2.45) is 0 Å². The molecule has 0 radical (unpaired) electrons. The van der Waals surface area contributed by atoms with E-state index >= 15 is 0 Å². The van der Waals surface area contributed by atoms with E-state index in [1.165, 1.54) is 0 Å². The van der Waals surface area contributed by atoms with Crippen LogP contribution in [0.2, 0.25) is 0 Å². The number of carboxylic acid groups (broad SMARTS) is 1. The van der Waals surface area contributed by atoms with Crippen molar-refractivity contribution >= 4 is 6.09 Å². The van der Waals surface area contributed by atoms with Crippen molar-refractivity contribution in [1.29, 1.82) is 0 Å². The van der Waals surface area contributed by atoms with Gasteiger partial charge < -0.3 is 5.11 Å². The number of rotatable bonds is 0. The standard InChI is InChI=1S/C10H10FNO2/c11-9-5-7-3-1-2-4-8(7)6-12(9)10(13)14/h1-4,9H,5-6H2,(H,13,14). The van der Waals surface area contributed by atoms with Gasteiger partial charge in [-0.05, 0) is 11.1 Å². The third-order valence-corrected chi connectivity index (χ3v) is 2.43. The number of hydrogen-bond acceptors (Lipinski definition) is 1. The van der Waals surface area contributed by atoms with Crippen LogP contribution >= 0.6 is 0 Å². The van der Waals surface area contributed by atoms with Gasteiger partial charge in [0.25, 0.3) is 0 Å². The smallest absolute Gasteiger partial charge is 0.409 e. The third-order valence-electron chi connectivity index (χ3n) is 2.43. The SMILES string of the molecule is O=C(O)N1Cc2ccccc2CC1F. The molecule has 1 aromatic carbocycles. The number of carbonyl (C=O) groups is 1. The topological polar surface area (TPSA) is 40.5 Å². The fourth-order valence-corrected chi connectivity index (χ4v) is 1.67. The largest absolute Gasteiger partial charge is 0.465 e. The van der Waals surface area contributed by atoms with Crippen molar-refractivity contribution in [3.05, 3.63) is 35.4 Å². The first-order valence-corrected chi connectivity index (χ1v) is 4.39. The minimum absolute atomic E-state index is 0.146. The Morgan fingerprint density at radius 3 is 2.71 bits per heavy atom. The van der Waals surface area contributed by atoms with Gasteiger partial charge in [-0.1, -0.05) is 24.3 Å². The van der Waals surface area contributed by atoms with Gasteiger partial charge in [-0.15, -0.1) is 0 Å². The van der Waals surface area contributed by atoms with Crippen molar-refractivity contribution < 1.29 is 14.3 Å². The molecule has 0 aliphatic carbocycles. The second-order valence-corrected chi connectivity index (χ2v) is 3.32. The summed E-state index contributed by atoms with van der Waals surface area (Å²) in [5.41, 5.74) is 1.79. The van der Waals surface area contributed by atoms with Crippen LogP contribution in [0.3, 0.4) is 0 Å². The summed E-state index contributed by atoms with van der Waals surface area (Å²) in [5.74, 6) is 0. The van der Waals surface area contributed by atoms with E-state index < -0.39 is 12.4 Å². The van der Waals surface area contributed by atoms with E-state index in [1.54, 1.807) is 0 Å². The molecular formula is C10H10FNO2. The van der Waals surface area contributed by atoms with Gasteiger partial charge in [0.15, 0.2) is 6.30 Å². The van der Waals surface area contributed by atoms with Gasteiger partial charge in [-0.2, -0.15) is 0 Å². The number of halogens is 1. The molecule has 1 amide bonds. The molecule has 1 aromatic rings. The maximum atomic E-state index is 13.3. The molecular weight excluding hydrogens is 185 g/mol. The predicted octanol–water partition coefficient (Wildman–Crippen LogP) is 2.02. The van der Waals surface area contributed by atoms with Crippen molar-refractivity contribution in [3.63, 3.8) is 0 Å². The Morgan fingerprint density at radius 2 is 2.07 bits per heavy atom. The second-order valence-electron chi connectivity index (χ2n) is 3.32. The normalized spacial score (nSPS) is 20.4. The van der Waals surface area contributed by atoms with Crippen LogP contribution in [0.5, 0.6) is 0 Å². The zero-order valence-corrected chi connectivity index (χ0v) is 7.48. The summed E-state index contributed by atoms with van der Waals surface area (Å²) in [6.45, 7) is 0.146. The molecule has 1 atom stereocenters. The molecule has 1 aliphatic rings. The van der Waals surface area contributed by atoms with Crippen LogP contribution in [0.25, 0.3) is 0 Å². The maximum absolute atomic E-state index is 13.3. The fraction of sp³-hybridized carbons (Fsp3) is 0.300. The molecule has 0 bridgehead atoms. The number of amides is 1. The molecule has 1 aliphatic heterocycles. The molecule has 0 saturated carbocycles. The number of benzene rings is 1. The highest BCUT2D eigenvalue weighted by atomic mass is 19.1. The van der Waals surface area contributed by atoms with E-state index in [9.17, 15) is 9.18 Å². The number of alkyl halides is 1. The second kappa shape index (κ2) is 3.29. The molecule has 14 heavy (non-hydrogen) atoms. The monoisotopic (exact) mass is 195 g/mol. The van der Waals surface area contributed by atoms with Crippen LogP contribution in [0.4, 0.5) is 9.18 Å². The zero-order valence-electron chi connectivity index (χ0n) is 7.48. The average Bonchev–Trinajstić information content (AvgIpc) is 2.16. The number of nitrogens with zero attached hydrogens (tertiary/aromatic N) is 1. The Bertz CT molecular complexity index is 367. The van der Waals surface area contributed by atoms with Gasteiger partial charge in [0, 0.05) is 6.42 Å². The molecule has 3 nitrogen and oxygen atoms in total. The van der Waals surface area contributed by atoms with E-state index in [0.717, 1.165) is 16.0 Å². The van der Waals surface area contributed by atoms with Gasteiger partial charge in [-0.25, -0.2) is 9.18 Å². The molecule has 74 valence electrons. The summed E-state index contributed by atoms with van der Waals surface area (Å²) in [6, 6.07) is 7.33.